The van der Waals surface area contributed by atoms with E-state index in [0.29, 0.717) is 35.4 Å². The molecule has 0 atom stereocenters. The quantitative estimate of drug-likeness (QED) is 0.687. The third-order valence-electron chi connectivity index (χ3n) is 4.27. The maximum Gasteiger partial charge on any atom is 0.257 e. The zero-order valence-electron chi connectivity index (χ0n) is 15.8. The highest BCUT2D eigenvalue weighted by Gasteiger charge is 2.16. The fraction of sp³-hybridized carbons (Fsp3) is 0.182. The standard InChI is InChI=1S/C22H20N4O2/c1-3-18-19(14-23)22(26-25-20(18)4-2)28-17-12-8-9-15(13-17)21(27)24-16-10-6-5-7-11-16/h5-13H,3-4H2,1-2H3,(H,24,27). The fourth-order valence-corrected chi connectivity index (χ4v) is 2.88. The average molecular weight is 372 g/mol. The number of aromatic nitrogens is 2. The molecule has 28 heavy (non-hydrogen) atoms. The summed E-state index contributed by atoms with van der Waals surface area (Å²) in [5.41, 5.74) is 3.16. The Kier molecular flexibility index (Phi) is 5.97. The Hall–Kier alpha value is -3.72. The number of rotatable bonds is 6. The van der Waals surface area contributed by atoms with E-state index in [1.165, 1.54) is 0 Å². The van der Waals surface area contributed by atoms with Gasteiger partial charge in [0.05, 0.1) is 5.69 Å². The Balaban J connectivity index is 1.86. The molecule has 0 fully saturated rings. The van der Waals surface area contributed by atoms with Gasteiger partial charge in [0.2, 0.25) is 0 Å². The molecule has 3 aromatic rings. The molecule has 0 aliphatic rings. The second-order valence-corrected chi connectivity index (χ2v) is 6.07. The van der Waals surface area contributed by atoms with Gasteiger partial charge >= 0.3 is 0 Å². The summed E-state index contributed by atoms with van der Waals surface area (Å²) in [4.78, 5) is 12.5. The zero-order chi connectivity index (χ0) is 19.9. The molecule has 0 unspecified atom stereocenters. The molecule has 1 amide bonds. The summed E-state index contributed by atoms with van der Waals surface area (Å²) in [5, 5.41) is 20.7. The van der Waals surface area contributed by atoms with E-state index in [1.807, 2.05) is 44.2 Å². The number of carbonyl (C=O) groups is 1. The lowest BCUT2D eigenvalue weighted by Crippen LogP contribution is -2.11. The molecule has 2 aromatic carbocycles. The second kappa shape index (κ2) is 8.78. The van der Waals surface area contributed by atoms with E-state index in [-0.39, 0.29) is 11.8 Å². The van der Waals surface area contributed by atoms with Gasteiger partial charge in [-0.2, -0.15) is 10.4 Å². The van der Waals surface area contributed by atoms with Crippen LogP contribution in [0, 0.1) is 11.3 Å². The van der Waals surface area contributed by atoms with E-state index in [4.69, 9.17) is 4.74 Å². The largest absolute Gasteiger partial charge is 0.437 e. The summed E-state index contributed by atoms with van der Waals surface area (Å²) in [7, 11) is 0. The van der Waals surface area contributed by atoms with Crippen molar-refractivity contribution in [2.45, 2.75) is 26.7 Å². The topological polar surface area (TPSA) is 87.9 Å². The lowest BCUT2D eigenvalue weighted by atomic mass is 10.0. The Morgan fingerprint density at radius 2 is 1.86 bits per heavy atom. The minimum atomic E-state index is -0.251. The SMILES string of the molecule is CCc1nnc(Oc2cccc(C(=O)Nc3ccccc3)c2)c(C#N)c1CC. The first-order chi connectivity index (χ1) is 13.7. The first kappa shape index (κ1) is 19.1. The molecule has 0 spiro atoms. The predicted octanol–water partition coefficient (Wildman–Crippen LogP) is 4.52. The van der Waals surface area contributed by atoms with Crippen LogP contribution in [0.2, 0.25) is 0 Å². The molecule has 1 heterocycles. The first-order valence-electron chi connectivity index (χ1n) is 9.09. The number of amides is 1. The minimum absolute atomic E-state index is 0.150. The highest BCUT2D eigenvalue weighted by atomic mass is 16.5. The van der Waals surface area contributed by atoms with Crippen LogP contribution in [0.25, 0.3) is 0 Å². The molecule has 0 saturated carbocycles. The number of aryl methyl sites for hydroxylation is 1. The third kappa shape index (κ3) is 4.15. The van der Waals surface area contributed by atoms with Gasteiger partial charge in [0, 0.05) is 11.3 Å². The first-order valence-corrected chi connectivity index (χ1v) is 9.09. The summed E-state index contributed by atoms with van der Waals surface area (Å²) in [6, 6.07) is 18.1. The number of para-hydroxylation sites is 1. The molecular weight excluding hydrogens is 352 g/mol. The van der Waals surface area contributed by atoms with Crippen molar-refractivity contribution in [2.75, 3.05) is 5.32 Å². The lowest BCUT2D eigenvalue weighted by Gasteiger charge is -2.12. The predicted molar refractivity (Wildman–Crippen MR) is 106 cm³/mol. The summed E-state index contributed by atoms with van der Waals surface area (Å²) >= 11 is 0. The van der Waals surface area contributed by atoms with Crippen LogP contribution in [0.15, 0.2) is 54.6 Å². The van der Waals surface area contributed by atoms with E-state index in [2.05, 4.69) is 21.6 Å². The van der Waals surface area contributed by atoms with Crippen LogP contribution in [-0.2, 0) is 12.8 Å². The summed E-state index contributed by atoms with van der Waals surface area (Å²) < 4.78 is 5.81. The second-order valence-electron chi connectivity index (χ2n) is 6.07. The van der Waals surface area contributed by atoms with Gasteiger partial charge in [-0.1, -0.05) is 38.1 Å². The summed E-state index contributed by atoms with van der Waals surface area (Å²) in [6.07, 6.45) is 1.36. The van der Waals surface area contributed by atoms with Gasteiger partial charge < -0.3 is 10.1 Å². The number of nitrogens with zero attached hydrogens (tertiary/aromatic N) is 3. The Morgan fingerprint density at radius 1 is 1.07 bits per heavy atom. The minimum Gasteiger partial charge on any atom is -0.437 e. The number of anilines is 1. The van der Waals surface area contributed by atoms with Crippen LogP contribution >= 0.6 is 0 Å². The van der Waals surface area contributed by atoms with Gasteiger partial charge in [-0.25, -0.2) is 0 Å². The maximum atomic E-state index is 12.5. The highest BCUT2D eigenvalue weighted by molar-refractivity contribution is 6.04. The van der Waals surface area contributed by atoms with E-state index in [9.17, 15) is 10.1 Å². The van der Waals surface area contributed by atoms with Crippen molar-refractivity contribution >= 4 is 11.6 Å². The van der Waals surface area contributed by atoms with Crippen molar-refractivity contribution in [3.8, 4) is 17.7 Å². The molecule has 3 rings (SSSR count). The van der Waals surface area contributed by atoms with Gasteiger partial charge in [0.15, 0.2) is 0 Å². The molecule has 0 bridgehead atoms. The van der Waals surface area contributed by atoms with Crippen molar-refractivity contribution in [3.05, 3.63) is 77.0 Å². The zero-order valence-corrected chi connectivity index (χ0v) is 15.8. The number of nitriles is 1. The van der Waals surface area contributed by atoms with Crippen molar-refractivity contribution < 1.29 is 9.53 Å². The Bertz CT molecular complexity index is 1030. The smallest absolute Gasteiger partial charge is 0.257 e. The fourth-order valence-electron chi connectivity index (χ4n) is 2.88. The van der Waals surface area contributed by atoms with E-state index < -0.39 is 0 Å². The summed E-state index contributed by atoms with van der Waals surface area (Å²) in [5.74, 6) is 0.314. The molecular formula is C22H20N4O2. The highest BCUT2D eigenvalue weighted by Crippen LogP contribution is 2.27. The molecule has 0 saturated heterocycles. The Labute approximate surface area is 163 Å². The van der Waals surface area contributed by atoms with Crippen molar-refractivity contribution in [1.29, 1.82) is 5.26 Å². The van der Waals surface area contributed by atoms with Crippen molar-refractivity contribution in [1.82, 2.24) is 10.2 Å². The molecule has 1 N–H and O–H groups in total. The number of carbonyl (C=O) groups excluding carboxylic acids is 1. The molecule has 6 heteroatoms. The summed E-state index contributed by atoms with van der Waals surface area (Å²) in [6.45, 7) is 3.94. The molecule has 0 aliphatic heterocycles. The van der Waals surface area contributed by atoms with Crippen LogP contribution in [0.5, 0.6) is 11.6 Å². The van der Waals surface area contributed by atoms with Gasteiger partial charge in [-0.05, 0) is 48.7 Å². The molecule has 140 valence electrons. The normalized spacial score (nSPS) is 10.2. The molecule has 0 aliphatic carbocycles. The van der Waals surface area contributed by atoms with Crippen molar-refractivity contribution in [2.24, 2.45) is 0 Å². The number of ether oxygens (including phenoxy) is 1. The molecule has 0 radical (unpaired) electrons. The van der Waals surface area contributed by atoms with Crippen molar-refractivity contribution in [3.63, 3.8) is 0 Å². The number of hydrogen-bond donors (Lipinski definition) is 1. The van der Waals surface area contributed by atoms with Gasteiger partial charge in [0.1, 0.15) is 17.4 Å². The van der Waals surface area contributed by atoms with Gasteiger partial charge in [-0.3, -0.25) is 4.79 Å². The maximum absolute atomic E-state index is 12.5. The van der Waals surface area contributed by atoms with Gasteiger partial charge in [-0.15, -0.1) is 5.10 Å². The molecule has 6 nitrogen and oxygen atoms in total. The van der Waals surface area contributed by atoms with Crippen LogP contribution in [0.4, 0.5) is 5.69 Å². The van der Waals surface area contributed by atoms with Gasteiger partial charge in [0.25, 0.3) is 11.8 Å². The van der Waals surface area contributed by atoms with Crippen LogP contribution in [0.1, 0.15) is 41.0 Å². The monoisotopic (exact) mass is 372 g/mol. The number of hydrogen-bond acceptors (Lipinski definition) is 5. The number of nitrogens with one attached hydrogen (secondary N) is 1. The van der Waals surface area contributed by atoms with E-state index in [1.54, 1.807) is 24.3 Å². The Morgan fingerprint density at radius 3 is 2.54 bits per heavy atom. The van der Waals surface area contributed by atoms with E-state index >= 15 is 0 Å². The van der Waals surface area contributed by atoms with Crippen LogP contribution in [0.3, 0.4) is 0 Å². The third-order valence-corrected chi connectivity index (χ3v) is 4.27. The number of benzene rings is 2. The van der Waals surface area contributed by atoms with E-state index in [0.717, 1.165) is 11.3 Å². The lowest BCUT2D eigenvalue weighted by molar-refractivity contribution is 0.102. The average Bonchev–Trinajstić information content (AvgIpc) is 2.74. The molecule has 1 aromatic heterocycles. The van der Waals surface area contributed by atoms with Crippen LogP contribution in [-0.4, -0.2) is 16.1 Å². The van der Waals surface area contributed by atoms with Crippen LogP contribution < -0.4 is 10.1 Å².